The molecule has 182 valence electrons. The standard InChI is InChI=1S/C25H33N7O.HI/c1-3-27-25(28-16-20-10-12-21(13-11-20)32-19-26-18-30-32)29-17-23(31-14-6-7-15-31)22-8-4-5-9-24(22)33-2;/h4-5,8-13,18-19,23H,3,6-7,14-17H2,1-2H3,(H2,27,28,29);1H. The van der Waals surface area contributed by atoms with Gasteiger partial charge in [0.05, 0.1) is 25.4 Å². The van der Waals surface area contributed by atoms with Crippen molar-refractivity contribution >= 4 is 29.9 Å². The summed E-state index contributed by atoms with van der Waals surface area (Å²) in [4.78, 5) is 11.4. The minimum absolute atomic E-state index is 0. The second-order valence-corrected chi connectivity index (χ2v) is 8.08. The van der Waals surface area contributed by atoms with Crippen LogP contribution < -0.4 is 15.4 Å². The second-order valence-electron chi connectivity index (χ2n) is 8.08. The van der Waals surface area contributed by atoms with Crippen LogP contribution in [-0.2, 0) is 6.54 Å². The Morgan fingerprint density at radius 2 is 1.85 bits per heavy atom. The third kappa shape index (κ3) is 6.69. The zero-order chi connectivity index (χ0) is 22.9. The lowest BCUT2D eigenvalue weighted by atomic mass is 10.0. The van der Waals surface area contributed by atoms with Crippen LogP contribution in [-0.4, -0.2) is 58.9 Å². The van der Waals surface area contributed by atoms with Crippen molar-refractivity contribution in [1.82, 2.24) is 30.3 Å². The van der Waals surface area contributed by atoms with Crippen molar-refractivity contribution in [2.45, 2.75) is 32.4 Å². The molecular formula is C25H34IN7O. The number of benzene rings is 2. The van der Waals surface area contributed by atoms with E-state index >= 15 is 0 Å². The van der Waals surface area contributed by atoms with Gasteiger partial charge in [-0.25, -0.2) is 14.7 Å². The van der Waals surface area contributed by atoms with E-state index in [1.807, 2.05) is 24.3 Å². The second kappa shape index (κ2) is 13.3. The van der Waals surface area contributed by atoms with E-state index in [9.17, 15) is 0 Å². The van der Waals surface area contributed by atoms with Crippen molar-refractivity contribution in [3.8, 4) is 11.4 Å². The van der Waals surface area contributed by atoms with Gasteiger partial charge in [-0.1, -0.05) is 30.3 Å². The number of ether oxygens (including phenoxy) is 1. The van der Waals surface area contributed by atoms with Crippen LogP contribution >= 0.6 is 24.0 Å². The molecule has 9 heteroatoms. The summed E-state index contributed by atoms with van der Waals surface area (Å²) in [6, 6.07) is 16.8. The van der Waals surface area contributed by atoms with Gasteiger partial charge in [-0.05, 0) is 56.6 Å². The zero-order valence-corrected chi connectivity index (χ0v) is 22.2. The molecular weight excluding hydrogens is 541 g/mol. The Hall–Kier alpha value is -2.66. The molecule has 2 aromatic carbocycles. The van der Waals surface area contributed by atoms with Crippen LogP contribution in [0.2, 0.25) is 0 Å². The monoisotopic (exact) mass is 575 g/mol. The van der Waals surface area contributed by atoms with Crippen molar-refractivity contribution in [3.63, 3.8) is 0 Å². The van der Waals surface area contributed by atoms with E-state index in [1.54, 1.807) is 18.1 Å². The highest BCUT2D eigenvalue weighted by Crippen LogP contribution is 2.31. The van der Waals surface area contributed by atoms with E-state index in [-0.39, 0.29) is 30.0 Å². The first kappa shape index (κ1) is 26.0. The highest BCUT2D eigenvalue weighted by molar-refractivity contribution is 14.0. The predicted octanol–water partition coefficient (Wildman–Crippen LogP) is 3.79. The van der Waals surface area contributed by atoms with Crippen molar-refractivity contribution < 1.29 is 4.74 Å². The van der Waals surface area contributed by atoms with Gasteiger partial charge in [-0.3, -0.25) is 4.90 Å². The molecule has 1 fully saturated rings. The Kier molecular flexibility index (Phi) is 10.1. The van der Waals surface area contributed by atoms with Gasteiger partial charge < -0.3 is 15.4 Å². The molecule has 0 amide bonds. The van der Waals surface area contributed by atoms with E-state index in [4.69, 9.17) is 9.73 Å². The Balaban J connectivity index is 0.00000324. The maximum atomic E-state index is 5.67. The molecule has 2 heterocycles. The van der Waals surface area contributed by atoms with E-state index in [2.05, 4.69) is 56.8 Å². The summed E-state index contributed by atoms with van der Waals surface area (Å²) in [5.74, 6) is 1.75. The largest absolute Gasteiger partial charge is 0.496 e. The maximum absolute atomic E-state index is 5.67. The molecule has 0 aliphatic carbocycles. The van der Waals surface area contributed by atoms with Crippen LogP contribution in [0.15, 0.2) is 66.2 Å². The Morgan fingerprint density at radius 1 is 1.09 bits per heavy atom. The summed E-state index contributed by atoms with van der Waals surface area (Å²) in [6.07, 6.45) is 5.71. The van der Waals surface area contributed by atoms with Crippen LogP contribution in [0.4, 0.5) is 0 Å². The lowest BCUT2D eigenvalue weighted by molar-refractivity contribution is 0.239. The number of likely N-dealkylation sites (tertiary alicyclic amines) is 1. The van der Waals surface area contributed by atoms with Gasteiger partial charge in [0.1, 0.15) is 18.4 Å². The zero-order valence-electron chi connectivity index (χ0n) is 19.9. The number of nitrogens with one attached hydrogen (secondary N) is 2. The Bertz CT molecular complexity index is 1020. The molecule has 0 spiro atoms. The molecule has 0 saturated carbocycles. The number of para-hydroxylation sites is 1. The molecule has 0 bridgehead atoms. The SMILES string of the molecule is CCNC(=NCc1ccc(-n2cncn2)cc1)NCC(c1ccccc1OC)N1CCCC1.I. The number of hydrogen-bond acceptors (Lipinski definition) is 5. The summed E-state index contributed by atoms with van der Waals surface area (Å²) in [6.45, 7) is 6.46. The molecule has 1 aliphatic heterocycles. The molecule has 1 aromatic heterocycles. The van der Waals surface area contributed by atoms with Crippen LogP contribution in [0.5, 0.6) is 5.75 Å². The quantitative estimate of drug-likeness (QED) is 0.230. The smallest absolute Gasteiger partial charge is 0.191 e. The predicted molar refractivity (Wildman–Crippen MR) is 146 cm³/mol. The number of hydrogen-bond donors (Lipinski definition) is 2. The molecule has 2 N–H and O–H groups in total. The summed E-state index contributed by atoms with van der Waals surface area (Å²) < 4.78 is 7.42. The first-order valence-electron chi connectivity index (χ1n) is 11.6. The van der Waals surface area contributed by atoms with E-state index < -0.39 is 0 Å². The van der Waals surface area contributed by atoms with Gasteiger partial charge >= 0.3 is 0 Å². The van der Waals surface area contributed by atoms with Crippen molar-refractivity contribution in [3.05, 3.63) is 72.3 Å². The third-order valence-corrected chi connectivity index (χ3v) is 5.93. The van der Waals surface area contributed by atoms with E-state index in [1.165, 1.54) is 24.7 Å². The maximum Gasteiger partial charge on any atom is 0.191 e. The number of halogens is 1. The van der Waals surface area contributed by atoms with Gasteiger partial charge in [0.15, 0.2) is 5.96 Å². The number of aliphatic imine (C=N–C) groups is 1. The summed E-state index contributed by atoms with van der Waals surface area (Å²) in [5.41, 5.74) is 3.33. The van der Waals surface area contributed by atoms with Crippen molar-refractivity contribution in [2.24, 2.45) is 4.99 Å². The molecule has 1 atom stereocenters. The number of rotatable bonds is 9. The normalized spacial score (nSPS) is 14.9. The van der Waals surface area contributed by atoms with E-state index in [0.717, 1.165) is 49.1 Å². The molecule has 8 nitrogen and oxygen atoms in total. The fourth-order valence-corrected chi connectivity index (χ4v) is 4.23. The van der Waals surface area contributed by atoms with Crippen LogP contribution in [0, 0.1) is 0 Å². The van der Waals surface area contributed by atoms with Gasteiger partial charge in [0, 0.05) is 18.7 Å². The fraction of sp³-hybridized carbons (Fsp3) is 0.400. The fourth-order valence-electron chi connectivity index (χ4n) is 4.23. The first-order chi connectivity index (χ1) is 16.3. The molecule has 0 radical (unpaired) electrons. The molecule has 34 heavy (non-hydrogen) atoms. The number of guanidine groups is 1. The van der Waals surface area contributed by atoms with Crippen LogP contribution in [0.25, 0.3) is 5.69 Å². The van der Waals surface area contributed by atoms with Crippen molar-refractivity contribution in [1.29, 1.82) is 0 Å². The van der Waals surface area contributed by atoms with Crippen LogP contribution in [0.1, 0.15) is 36.9 Å². The number of nitrogens with zero attached hydrogens (tertiary/aromatic N) is 5. The summed E-state index contributed by atoms with van der Waals surface area (Å²) >= 11 is 0. The third-order valence-electron chi connectivity index (χ3n) is 5.93. The Labute approximate surface area is 218 Å². The molecule has 3 aromatic rings. The highest BCUT2D eigenvalue weighted by Gasteiger charge is 2.26. The molecule has 1 aliphatic rings. The van der Waals surface area contributed by atoms with Gasteiger partial charge in [-0.2, -0.15) is 5.10 Å². The minimum Gasteiger partial charge on any atom is -0.496 e. The van der Waals surface area contributed by atoms with Crippen LogP contribution in [0.3, 0.4) is 0 Å². The van der Waals surface area contributed by atoms with E-state index in [0.29, 0.717) is 6.54 Å². The first-order valence-corrected chi connectivity index (χ1v) is 11.6. The lowest BCUT2D eigenvalue weighted by Gasteiger charge is -2.30. The average molecular weight is 575 g/mol. The van der Waals surface area contributed by atoms with Gasteiger partial charge in [-0.15, -0.1) is 24.0 Å². The van der Waals surface area contributed by atoms with Crippen molar-refractivity contribution in [2.75, 3.05) is 33.3 Å². The Morgan fingerprint density at radius 3 is 2.53 bits per heavy atom. The van der Waals surface area contributed by atoms with Gasteiger partial charge in [0.25, 0.3) is 0 Å². The lowest BCUT2D eigenvalue weighted by Crippen LogP contribution is -2.42. The molecule has 4 rings (SSSR count). The van der Waals surface area contributed by atoms with Gasteiger partial charge in [0.2, 0.25) is 0 Å². The summed E-state index contributed by atoms with van der Waals surface area (Å²) in [7, 11) is 1.74. The minimum atomic E-state index is 0. The topological polar surface area (TPSA) is 79.6 Å². The summed E-state index contributed by atoms with van der Waals surface area (Å²) in [5, 5.41) is 11.1. The number of aromatic nitrogens is 3. The molecule has 1 saturated heterocycles. The highest BCUT2D eigenvalue weighted by atomic mass is 127. The number of methoxy groups -OCH3 is 1. The molecule has 1 unspecified atom stereocenters. The average Bonchev–Trinajstić information content (AvgIpc) is 3.58.